The van der Waals surface area contributed by atoms with Gasteiger partial charge in [0.05, 0.1) is 0 Å². The summed E-state index contributed by atoms with van der Waals surface area (Å²) in [6.07, 6.45) is 73.7. The lowest BCUT2D eigenvalue weighted by Crippen LogP contribution is -2.30. The van der Waals surface area contributed by atoms with Crippen LogP contribution < -0.4 is 0 Å². The van der Waals surface area contributed by atoms with Crippen molar-refractivity contribution < 1.29 is 28.6 Å². The molecule has 0 amide bonds. The lowest BCUT2D eigenvalue weighted by molar-refractivity contribution is -0.167. The van der Waals surface area contributed by atoms with E-state index in [-0.39, 0.29) is 37.5 Å². The number of esters is 3. The molecule has 6 heteroatoms. The van der Waals surface area contributed by atoms with Gasteiger partial charge in [0.2, 0.25) is 0 Å². The van der Waals surface area contributed by atoms with Gasteiger partial charge in [-0.3, -0.25) is 14.4 Å². The average Bonchev–Trinajstić information content (AvgIpc) is 3.36. The first-order valence-corrected chi connectivity index (χ1v) is 30.3. The highest BCUT2D eigenvalue weighted by atomic mass is 16.6. The minimum Gasteiger partial charge on any atom is -0.462 e. The molecule has 0 saturated carbocycles. The fourth-order valence-electron chi connectivity index (χ4n) is 8.78. The van der Waals surface area contributed by atoms with Gasteiger partial charge >= 0.3 is 17.9 Å². The molecular weight excluding hydrogens is 865 g/mol. The molecule has 0 aromatic carbocycles. The summed E-state index contributed by atoms with van der Waals surface area (Å²) in [5, 5.41) is 0. The van der Waals surface area contributed by atoms with E-state index in [1.165, 1.54) is 186 Å². The van der Waals surface area contributed by atoms with Gasteiger partial charge in [-0.1, -0.05) is 293 Å². The molecule has 0 heterocycles. The number of allylic oxidation sites excluding steroid dienone is 10. The van der Waals surface area contributed by atoms with Crippen LogP contribution in [0.4, 0.5) is 0 Å². The molecule has 0 radical (unpaired) electrons. The summed E-state index contributed by atoms with van der Waals surface area (Å²) in [5.74, 6) is -0.933. The van der Waals surface area contributed by atoms with Crippen LogP contribution in [0, 0.1) is 0 Å². The van der Waals surface area contributed by atoms with E-state index in [9.17, 15) is 14.4 Å². The summed E-state index contributed by atoms with van der Waals surface area (Å²) in [7, 11) is 0. The van der Waals surface area contributed by atoms with Crippen molar-refractivity contribution in [2.45, 2.75) is 316 Å². The second kappa shape index (κ2) is 58.7. The Labute approximate surface area is 434 Å². The molecule has 0 unspecified atom stereocenters. The zero-order chi connectivity index (χ0) is 50.7. The highest BCUT2D eigenvalue weighted by Crippen LogP contribution is 2.17. The molecular formula is C64H114O6. The number of carbonyl (C=O) groups is 3. The Morgan fingerprint density at radius 1 is 0.300 bits per heavy atom. The Morgan fingerprint density at radius 2 is 0.557 bits per heavy atom. The highest BCUT2D eigenvalue weighted by Gasteiger charge is 2.19. The molecule has 6 nitrogen and oxygen atoms in total. The van der Waals surface area contributed by atoms with Crippen molar-refractivity contribution in [2.24, 2.45) is 0 Å². The summed E-state index contributed by atoms with van der Waals surface area (Å²) < 4.78 is 16.9. The molecule has 0 aliphatic rings. The van der Waals surface area contributed by atoms with Crippen molar-refractivity contribution in [3.8, 4) is 0 Å². The number of ether oxygens (including phenoxy) is 3. The molecule has 0 fully saturated rings. The average molecular weight is 980 g/mol. The van der Waals surface area contributed by atoms with Gasteiger partial charge in [-0.15, -0.1) is 0 Å². The fourth-order valence-corrected chi connectivity index (χ4v) is 8.78. The Balaban J connectivity index is 4.41. The first-order chi connectivity index (χ1) is 34.5. The van der Waals surface area contributed by atoms with E-state index >= 15 is 0 Å². The van der Waals surface area contributed by atoms with Gasteiger partial charge in [-0.2, -0.15) is 0 Å². The monoisotopic (exact) mass is 979 g/mol. The summed E-state index contributed by atoms with van der Waals surface area (Å²) in [5.41, 5.74) is 0. The van der Waals surface area contributed by atoms with Gasteiger partial charge in [-0.25, -0.2) is 0 Å². The molecule has 0 saturated heterocycles. The standard InChI is InChI=1S/C64H114O6/c1-4-7-10-13-16-19-22-25-28-31-32-34-36-39-42-45-48-51-54-57-63(66)69-60-61(59-68-62(65)56-53-50-47-44-41-38-35-30-27-24-21-18-15-12-9-6-3)70-64(67)58-55-52-49-46-43-40-37-33-29-26-23-20-17-14-11-8-5-2/h8,11,17,20,26,29,37,40,46,49,61H,4-7,9-10,12-16,18-19,21-25,27-28,30-36,38-39,41-45,47-48,50-60H2,1-3H3/b11-8-,20-17-,29-26-,40-37-,49-46-/t61-/m1/s1. The zero-order valence-corrected chi connectivity index (χ0v) is 46.5. The Kier molecular flexibility index (Phi) is 56.3. The van der Waals surface area contributed by atoms with Crippen LogP contribution in [0.25, 0.3) is 0 Å². The minimum atomic E-state index is -0.801. The Hall–Kier alpha value is -2.89. The van der Waals surface area contributed by atoms with Gasteiger partial charge in [0.15, 0.2) is 6.10 Å². The number of carbonyl (C=O) groups excluding carboxylic acids is 3. The normalized spacial score (nSPS) is 12.4. The van der Waals surface area contributed by atoms with Gasteiger partial charge in [0.25, 0.3) is 0 Å². The molecule has 70 heavy (non-hydrogen) atoms. The predicted molar refractivity (Wildman–Crippen MR) is 302 cm³/mol. The number of unbranched alkanes of at least 4 members (excludes halogenated alkanes) is 34. The third-order valence-corrected chi connectivity index (χ3v) is 13.3. The fraction of sp³-hybridized carbons (Fsp3) is 0.797. The molecule has 406 valence electrons. The SMILES string of the molecule is CC/C=C\C/C=C\C/C=C\C/C=C\C/C=C\CCCC(=O)O[C@H](COC(=O)CCCCCCCCCCCCCCCCCC)COC(=O)CCCCCCCCCCCCCCCCCCCCC. The van der Waals surface area contributed by atoms with Crippen LogP contribution in [0.2, 0.25) is 0 Å². The van der Waals surface area contributed by atoms with Crippen molar-refractivity contribution in [2.75, 3.05) is 13.2 Å². The van der Waals surface area contributed by atoms with Crippen molar-refractivity contribution in [3.05, 3.63) is 60.8 Å². The van der Waals surface area contributed by atoms with Crippen LogP contribution in [0.3, 0.4) is 0 Å². The van der Waals surface area contributed by atoms with Crippen molar-refractivity contribution in [1.29, 1.82) is 0 Å². The van der Waals surface area contributed by atoms with E-state index in [1.807, 2.05) is 0 Å². The van der Waals surface area contributed by atoms with E-state index < -0.39 is 6.10 Å². The highest BCUT2D eigenvalue weighted by molar-refractivity contribution is 5.71. The molecule has 0 aliphatic heterocycles. The summed E-state index contributed by atoms with van der Waals surface area (Å²) in [4.78, 5) is 38.2. The number of rotatable bonds is 55. The largest absolute Gasteiger partial charge is 0.462 e. The van der Waals surface area contributed by atoms with Crippen LogP contribution in [0.5, 0.6) is 0 Å². The lowest BCUT2D eigenvalue weighted by Gasteiger charge is -2.18. The molecule has 0 rings (SSSR count). The second-order valence-corrected chi connectivity index (χ2v) is 20.2. The molecule has 0 N–H and O–H groups in total. The predicted octanol–water partition coefficient (Wildman–Crippen LogP) is 20.4. The van der Waals surface area contributed by atoms with Gasteiger partial charge in [0, 0.05) is 19.3 Å². The third kappa shape index (κ3) is 56.0. The van der Waals surface area contributed by atoms with Crippen molar-refractivity contribution in [1.82, 2.24) is 0 Å². The van der Waals surface area contributed by atoms with E-state index in [0.717, 1.165) is 77.0 Å². The van der Waals surface area contributed by atoms with Crippen LogP contribution in [0.1, 0.15) is 310 Å². The molecule has 0 aromatic rings. The van der Waals surface area contributed by atoms with Crippen molar-refractivity contribution in [3.63, 3.8) is 0 Å². The van der Waals surface area contributed by atoms with E-state index in [1.54, 1.807) is 0 Å². The Bertz CT molecular complexity index is 1260. The zero-order valence-electron chi connectivity index (χ0n) is 46.5. The maximum absolute atomic E-state index is 12.8. The third-order valence-electron chi connectivity index (χ3n) is 13.3. The maximum Gasteiger partial charge on any atom is 0.306 e. The van der Waals surface area contributed by atoms with Crippen molar-refractivity contribution >= 4 is 17.9 Å². The number of hydrogen-bond donors (Lipinski definition) is 0. The topological polar surface area (TPSA) is 78.9 Å². The van der Waals surface area contributed by atoms with E-state index in [0.29, 0.717) is 19.3 Å². The van der Waals surface area contributed by atoms with Gasteiger partial charge in [0.1, 0.15) is 13.2 Å². The lowest BCUT2D eigenvalue weighted by atomic mass is 10.0. The summed E-state index contributed by atoms with van der Waals surface area (Å²) in [6, 6.07) is 0. The van der Waals surface area contributed by atoms with Gasteiger partial charge in [-0.05, 0) is 57.8 Å². The molecule has 0 aromatic heterocycles. The molecule has 0 bridgehead atoms. The summed E-state index contributed by atoms with van der Waals surface area (Å²) >= 11 is 0. The second-order valence-electron chi connectivity index (χ2n) is 20.2. The van der Waals surface area contributed by atoms with E-state index in [4.69, 9.17) is 14.2 Å². The van der Waals surface area contributed by atoms with Crippen LogP contribution in [-0.2, 0) is 28.6 Å². The van der Waals surface area contributed by atoms with Crippen LogP contribution in [0.15, 0.2) is 60.8 Å². The minimum absolute atomic E-state index is 0.0925. The van der Waals surface area contributed by atoms with Crippen LogP contribution in [-0.4, -0.2) is 37.2 Å². The first kappa shape index (κ1) is 67.1. The maximum atomic E-state index is 12.8. The first-order valence-electron chi connectivity index (χ1n) is 30.3. The Morgan fingerprint density at radius 3 is 0.857 bits per heavy atom. The molecule has 0 spiro atoms. The smallest absolute Gasteiger partial charge is 0.306 e. The molecule has 0 aliphatic carbocycles. The molecule has 1 atom stereocenters. The van der Waals surface area contributed by atoms with Gasteiger partial charge < -0.3 is 14.2 Å². The number of hydrogen-bond acceptors (Lipinski definition) is 6. The van der Waals surface area contributed by atoms with E-state index in [2.05, 4.69) is 81.5 Å². The quantitative estimate of drug-likeness (QED) is 0.0261. The summed E-state index contributed by atoms with van der Waals surface area (Å²) in [6.45, 7) is 6.53. The van der Waals surface area contributed by atoms with Crippen LogP contribution >= 0.6 is 0 Å².